The average Bonchev–Trinajstić information content (AvgIpc) is 2.37. The van der Waals surface area contributed by atoms with Crippen LogP contribution in [0.15, 0.2) is 24.3 Å². The third-order valence-electron chi connectivity index (χ3n) is 2.23. The van der Waals surface area contributed by atoms with E-state index in [0.29, 0.717) is 11.1 Å². The Morgan fingerprint density at radius 1 is 1.20 bits per heavy atom. The molecule has 0 amide bonds. The van der Waals surface area contributed by atoms with Gasteiger partial charge in [0.15, 0.2) is 0 Å². The highest BCUT2D eigenvalue weighted by Crippen LogP contribution is 2.15. The zero-order chi connectivity index (χ0) is 15.2. The van der Waals surface area contributed by atoms with Crippen LogP contribution < -0.4 is 0 Å². The Morgan fingerprint density at radius 2 is 1.85 bits per heavy atom. The molecular weight excluding hydrogens is 256 g/mol. The number of hydrogen-bond acceptors (Lipinski definition) is 4. The van der Waals surface area contributed by atoms with Crippen molar-refractivity contribution in [3.8, 4) is 11.8 Å². The van der Waals surface area contributed by atoms with E-state index in [1.807, 2.05) is 0 Å². The molecule has 0 bridgehead atoms. The summed E-state index contributed by atoms with van der Waals surface area (Å²) in [7, 11) is 1.30. The summed E-state index contributed by atoms with van der Waals surface area (Å²) in [4.78, 5) is 23.0. The van der Waals surface area contributed by atoms with E-state index in [0.717, 1.165) is 0 Å². The topological polar surface area (TPSA) is 52.6 Å². The molecule has 1 rings (SSSR count). The van der Waals surface area contributed by atoms with Crippen LogP contribution in [0.25, 0.3) is 0 Å². The van der Waals surface area contributed by atoms with Crippen LogP contribution in [0.5, 0.6) is 0 Å². The number of carbonyl (C=O) groups is 2. The highest BCUT2D eigenvalue weighted by Gasteiger charge is 2.19. The fraction of sp³-hybridized carbons (Fsp3) is 0.375. The van der Waals surface area contributed by atoms with Gasteiger partial charge in [-0.05, 0) is 32.9 Å². The second-order valence-electron chi connectivity index (χ2n) is 5.10. The minimum absolute atomic E-state index is 0.0147. The number of hydrogen-bond donors (Lipinski definition) is 0. The molecule has 1 aromatic rings. The number of carbonyl (C=O) groups excluding carboxylic acids is 2. The van der Waals surface area contributed by atoms with E-state index in [2.05, 4.69) is 16.6 Å². The van der Waals surface area contributed by atoms with Crippen LogP contribution >= 0.6 is 0 Å². The smallest absolute Gasteiger partial charge is 0.339 e. The molecule has 0 unspecified atom stereocenters. The highest BCUT2D eigenvalue weighted by molar-refractivity contribution is 5.92. The SMILES string of the molecule is COC(=O)CC#Cc1ccccc1C(=O)OC(C)(C)C. The van der Waals surface area contributed by atoms with Gasteiger partial charge in [0.05, 0.1) is 12.7 Å². The van der Waals surface area contributed by atoms with Gasteiger partial charge < -0.3 is 9.47 Å². The Morgan fingerprint density at radius 3 is 2.45 bits per heavy atom. The third-order valence-corrected chi connectivity index (χ3v) is 2.23. The number of benzene rings is 1. The number of esters is 2. The molecule has 0 saturated heterocycles. The van der Waals surface area contributed by atoms with Crippen molar-refractivity contribution in [3.63, 3.8) is 0 Å². The summed E-state index contributed by atoms with van der Waals surface area (Å²) in [6.45, 7) is 5.41. The van der Waals surface area contributed by atoms with E-state index in [1.165, 1.54) is 7.11 Å². The summed E-state index contributed by atoms with van der Waals surface area (Å²) in [5, 5.41) is 0. The summed E-state index contributed by atoms with van der Waals surface area (Å²) < 4.78 is 9.81. The lowest BCUT2D eigenvalue weighted by molar-refractivity contribution is -0.139. The van der Waals surface area contributed by atoms with Crippen molar-refractivity contribution in [3.05, 3.63) is 35.4 Å². The number of methoxy groups -OCH3 is 1. The van der Waals surface area contributed by atoms with Crippen molar-refractivity contribution in [1.29, 1.82) is 0 Å². The van der Waals surface area contributed by atoms with Crippen molar-refractivity contribution in [2.24, 2.45) is 0 Å². The quantitative estimate of drug-likeness (QED) is 0.614. The average molecular weight is 274 g/mol. The van der Waals surface area contributed by atoms with Gasteiger partial charge in [-0.3, -0.25) is 4.79 Å². The Labute approximate surface area is 119 Å². The molecule has 106 valence electrons. The summed E-state index contributed by atoms with van der Waals surface area (Å²) in [5.41, 5.74) is 0.356. The Hall–Kier alpha value is -2.28. The molecule has 1 aromatic carbocycles. The van der Waals surface area contributed by atoms with E-state index in [-0.39, 0.29) is 6.42 Å². The molecule has 0 atom stereocenters. The molecule has 0 N–H and O–H groups in total. The van der Waals surface area contributed by atoms with E-state index >= 15 is 0 Å². The van der Waals surface area contributed by atoms with Crippen LogP contribution in [-0.4, -0.2) is 24.6 Å². The van der Waals surface area contributed by atoms with Crippen LogP contribution in [0.2, 0.25) is 0 Å². The molecule has 0 saturated carbocycles. The first-order valence-electron chi connectivity index (χ1n) is 6.21. The van der Waals surface area contributed by atoms with Gasteiger partial charge in [-0.15, -0.1) is 0 Å². The number of ether oxygens (including phenoxy) is 2. The second-order valence-corrected chi connectivity index (χ2v) is 5.10. The summed E-state index contributed by atoms with van der Waals surface area (Å²) in [6, 6.07) is 6.88. The zero-order valence-corrected chi connectivity index (χ0v) is 12.1. The Balaban J connectivity index is 2.94. The first kappa shape index (κ1) is 15.8. The maximum atomic E-state index is 12.1. The molecule has 0 aliphatic heterocycles. The molecule has 4 nitrogen and oxygen atoms in total. The van der Waals surface area contributed by atoms with Crippen molar-refractivity contribution in [2.75, 3.05) is 7.11 Å². The molecule has 0 radical (unpaired) electrons. The fourth-order valence-corrected chi connectivity index (χ4v) is 1.39. The van der Waals surface area contributed by atoms with Gasteiger partial charge >= 0.3 is 11.9 Å². The molecular formula is C16H18O4. The van der Waals surface area contributed by atoms with Crippen LogP contribution in [0, 0.1) is 11.8 Å². The standard InChI is InChI=1S/C16H18O4/c1-16(2,3)20-15(18)13-10-6-5-8-12(13)9-7-11-14(17)19-4/h5-6,8,10H,11H2,1-4H3. The van der Waals surface area contributed by atoms with Gasteiger partial charge in [-0.1, -0.05) is 24.0 Å². The zero-order valence-electron chi connectivity index (χ0n) is 12.1. The first-order chi connectivity index (χ1) is 9.33. The van der Waals surface area contributed by atoms with Crippen molar-refractivity contribution >= 4 is 11.9 Å². The molecule has 0 heterocycles. The van der Waals surface area contributed by atoms with Gasteiger partial charge in [0.2, 0.25) is 0 Å². The molecule has 4 heteroatoms. The summed E-state index contributed by atoms with van der Waals surface area (Å²) >= 11 is 0. The molecule has 0 aliphatic carbocycles. The predicted octanol–water partition coefficient (Wildman–Crippen LogP) is 2.56. The van der Waals surface area contributed by atoms with Gasteiger partial charge in [-0.25, -0.2) is 4.79 Å². The van der Waals surface area contributed by atoms with Crippen LogP contribution in [0.1, 0.15) is 43.1 Å². The van der Waals surface area contributed by atoms with Crippen molar-refractivity contribution < 1.29 is 19.1 Å². The molecule has 0 aliphatic rings. The van der Waals surface area contributed by atoms with E-state index in [4.69, 9.17) is 4.74 Å². The monoisotopic (exact) mass is 274 g/mol. The second kappa shape index (κ2) is 6.76. The maximum absolute atomic E-state index is 12.1. The van der Waals surface area contributed by atoms with E-state index in [1.54, 1.807) is 45.0 Å². The van der Waals surface area contributed by atoms with Crippen LogP contribution in [0.4, 0.5) is 0 Å². The highest BCUT2D eigenvalue weighted by atomic mass is 16.6. The lowest BCUT2D eigenvalue weighted by atomic mass is 10.1. The van der Waals surface area contributed by atoms with Gasteiger partial charge in [0, 0.05) is 5.56 Å². The summed E-state index contributed by atoms with van der Waals surface area (Å²) in [6.07, 6.45) is -0.0147. The van der Waals surface area contributed by atoms with Crippen molar-refractivity contribution in [1.82, 2.24) is 0 Å². The predicted molar refractivity (Wildman–Crippen MR) is 75.1 cm³/mol. The summed E-state index contributed by atoms with van der Waals surface area (Å²) in [5.74, 6) is 4.63. The molecule has 0 spiro atoms. The van der Waals surface area contributed by atoms with E-state index < -0.39 is 17.5 Å². The Bertz CT molecular complexity index is 556. The molecule has 0 aromatic heterocycles. The van der Waals surface area contributed by atoms with Gasteiger partial charge in [-0.2, -0.15) is 0 Å². The van der Waals surface area contributed by atoms with E-state index in [9.17, 15) is 9.59 Å². The van der Waals surface area contributed by atoms with Crippen LogP contribution in [-0.2, 0) is 14.3 Å². The van der Waals surface area contributed by atoms with Gasteiger partial charge in [0.25, 0.3) is 0 Å². The third kappa shape index (κ3) is 5.15. The lowest BCUT2D eigenvalue weighted by Gasteiger charge is -2.19. The molecule has 0 fully saturated rings. The largest absolute Gasteiger partial charge is 0.468 e. The maximum Gasteiger partial charge on any atom is 0.339 e. The minimum Gasteiger partial charge on any atom is -0.468 e. The van der Waals surface area contributed by atoms with Crippen LogP contribution in [0.3, 0.4) is 0 Å². The first-order valence-corrected chi connectivity index (χ1v) is 6.21. The number of rotatable bonds is 2. The minimum atomic E-state index is -0.566. The Kier molecular flexibility index (Phi) is 5.33. The lowest BCUT2D eigenvalue weighted by Crippen LogP contribution is -2.24. The van der Waals surface area contributed by atoms with Crippen molar-refractivity contribution in [2.45, 2.75) is 32.8 Å². The fourth-order valence-electron chi connectivity index (χ4n) is 1.39. The molecule has 20 heavy (non-hydrogen) atoms. The normalized spacial score (nSPS) is 10.2. The van der Waals surface area contributed by atoms with Gasteiger partial charge in [0.1, 0.15) is 12.0 Å².